The number of rotatable bonds is 5. The van der Waals surface area contributed by atoms with E-state index in [1.54, 1.807) is 11.3 Å². The van der Waals surface area contributed by atoms with Crippen molar-refractivity contribution in [3.05, 3.63) is 32.5 Å². The van der Waals surface area contributed by atoms with Crippen LogP contribution < -0.4 is 11.3 Å². The zero-order chi connectivity index (χ0) is 14.0. The zero-order valence-electron chi connectivity index (χ0n) is 11.3. The van der Waals surface area contributed by atoms with Gasteiger partial charge in [-0.25, -0.2) is 4.98 Å². The molecule has 19 heavy (non-hydrogen) atoms. The molecule has 104 valence electrons. The van der Waals surface area contributed by atoms with Gasteiger partial charge in [-0.05, 0) is 20.8 Å². The highest BCUT2D eigenvalue weighted by Crippen LogP contribution is 2.26. The normalized spacial score (nSPS) is 12.9. The van der Waals surface area contributed by atoms with Gasteiger partial charge in [0.25, 0.3) is 0 Å². The van der Waals surface area contributed by atoms with Crippen LogP contribution in [0.25, 0.3) is 0 Å². The second-order valence-corrected chi connectivity index (χ2v) is 5.82. The molecule has 1 unspecified atom stereocenters. The molecule has 0 aliphatic heterocycles. The first kappa shape index (κ1) is 14.5. The summed E-state index contributed by atoms with van der Waals surface area (Å²) in [6, 6.07) is -0.0520. The topological polar surface area (TPSA) is 68.8 Å². The van der Waals surface area contributed by atoms with Gasteiger partial charge in [-0.15, -0.1) is 11.3 Å². The first-order valence-corrected chi connectivity index (χ1v) is 7.42. The van der Waals surface area contributed by atoms with Crippen LogP contribution in [0.1, 0.15) is 35.1 Å². The zero-order valence-corrected chi connectivity index (χ0v) is 12.8. The van der Waals surface area contributed by atoms with Gasteiger partial charge in [0.1, 0.15) is 0 Å². The maximum atomic E-state index is 6.32. The number of aromatic nitrogens is 3. The SMILES string of the molecule is CCn1nc(C)c(Cl)c1CC(NN)c1csc(C)n1. The summed E-state index contributed by atoms with van der Waals surface area (Å²) in [5.41, 5.74) is 5.61. The Balaban J connectivity index is 2.28. The molecule has 0 radical (unpaired) electrons. The Morgan fingerprint density at radius 2 is 2.26 bits per heavy atom. The van der Waals surface area contributed by atoms with Crippen molar-refractivity contribution < 1.29 is 0 Å². The van der Waals surface area contributed by atoms with E-state index in [4.69, 9.17) is 17.4 Å². The number of hydrogen-bond acceptors (Lipinski definition) is 5. The van der Waals surface area contributed by atoms with Crippen LogP contribution in [-0.2, 0) is 13.0 Å². The van der Waals surface area contributed by atoms with Gasteiger partial charge >= 0.3 is 0 Å². The molecule has 2 aromatic heterocycles. The maximum absolute atomic E-state index is 6.32. The molecule has 0 saturated carbocycles. The van der Waals surface area contributed by atoms with Gasteiger partial charge in [0.2, 0.25) is 0 Å². The molecule has 2 rings (SSSR count). The third-order valence-corrected chi connectivity index (χ3v) is 4.33. The van der Waals surface area contributed by atoms with Crippen molar-refractivity contribution in [1.82, 2.24) is 20.2 Å². The number of thiazole rings is 1. The highest BCUT2D eigenvalue weighted by molar-refractivity contribution is 7.09. The third kappa shape index (κ3) is 2.97. The minimum absolute atomic E-state index is 0.0520. The number of nitrogens with zero attached hydrogens (tertiary/aromatic N) is 3. The second-order valence-electron chi connectivity index (χ2n) is 4.38. The van der Waals surface area contributed by atoms with E-state index in [0.29, 0.717) is 11.4 Å². The number of halogens is 1. The molecule has 0 amide bonds. The molecule has 2 aromatic rings. The molecule has 0 bridgehead atoms. The summed E-state index contributed by atoms with van der Waals surface area (Å²) >= 11 is 7.93. The van der Waals surface area contributed by atoms with Gasteiger partial charge in [0.15, 0.2) is 0 Å². The van der Waals surface area contributed by atoms with Crippen molar-refractivity contribution in [2.45, 2.75) is 39.8 Å². The summed E-state index contributed by atoms with van der Waals surface area (Å²) in [4.78, 5) is 4.47. The fourth-order valence-corrected chi connectivity index (χ4v) is 2.93. The number of nitrogens with one attached hydrogen (secondary N) is 1. The predicted molar refractivity (Wildman–Crippen MR) is 78.3 cm³/mol. The van der Waals surface area contributed by atoms with Crippen LogP contribution in [0.15, 0.2) is 5.38 Å². The van der Waals surface area contributed by atoms with Crippen LogP contribution >= 0.6 is 22.9 Å². The number of nitrogens with two attached hydrogens (primary N) is 1. The van der Waals surface area contributed by atoms with Crippen LogP contribution in [0.5, 0.6) is 0 Å². The van der Waals surface area contributed by atoms with Crippen LogP contribution in [0.4, 0.5) is 0 Å². The van der Waals surface area contributed by atoms with Crippen molar-refractivity contribution in [2.75, 3.05) is 0 Å². The van der Waals surface area contributed by atoms with Crippen LogP contribution in [0.2, 0.25) is 5.02 Å². The Labute approximate surface area is 121 Å². The molecule has 3 N–H and O–H groups in total. The Morgan fingerprint density at radius 1 is 1.53 bits per heavy atom. The van der Waals surface area contributed by atoms with E-state index in [2.05, 4.69) is 15.5 Å². The van der Waals surface area contributed by atoms with Crippen molar-refractivity contribution in [1.29, 1.82) is 0 Å². The van der Waals surface area contributed by atoms with E-state index in [0.717, 1.165) is 28.6 Å². The van der Waals surface area contributed by atoms with Crippen molar-refractivity contribution >= 4 is 22.9 Å². The monoisotopic (exact) mass is 299 g/mol. The van der Waals surface area contributed by atoms with Crippen molar-refractivity contribution in [2.24, 2.45) is 5.84 Å². The number of aryl methyl sites for hydroxylation is 3. The fraction of sp³-hybridized carbons (Fsp3) is 0.500. The van der Waals surface area contributed by atoms with Gasteiger partial charge < -0.3 is 0 Å². The van der Waals surface area contributed by atoms with Gasteiger partial charge in [0.05, 0.1) is 33.2 Å². The highest BCUT2D eigenvalue weighted by Gasteiger charge is 2.20. The average Bonchev–Trinajstić information content (AvgIpc) is 2.93. The molecule has 0 spiro atoms. The quantitative estimate of drug-likeness (QED) is 0.657. The number of hydrogen-bond donors (Lipinski definition) is 2. The summed E-state index contributed by atoms with van der Waals surface area (Å²) in [5.74, 6) is 5.65. The summed E-state index contributed by atoms with van der Waals surface area (Å²) < 4.78 is 1.92. The van der Waals surface area contributed by atoms with Crippen LogP contribution in [-0.4, -0.2) is 14.8 Å². The van der Waals surface area contributed by atoms with Crippen LogP contribution in [0, 0.1) is 13.8 Å². The van der Waals surface area contributed by atoms with Crippen molar-refractivity contribution in [3.8, 4) is 0 Å². The van der Waals surface area contributed by atoms with Crippen LogP contribution in [0.3, 0.4) is 0 Å². The van der Waals surface area contributed by atoms with Gasteiger partial charge in [-0.3, -0.25) is 16.0 Å². The van der Waals surface area contributed by atoms with E-state index in [1.807, 2.05) is 30.8 Å². The molecule has 0 aliphatic rings. The summed E-state index contributed by atoms with van der Waals surface area (Å²) in [6.07, 6.45) is 0.674. The second kappa shape index (κ2) is 6.00. The Kier molecular flexibility index (Phi) is 4.57. The number of hydrazine groups is 1. The lowest BCUT2D eigenvalue weighted by atomic mass is 10.1. The molecule has 0 aliphatic carbocycles. The fourth-order valence-electron chi connectivity index (χ4n) is 2.05. The highest BCUT2D eigenvalue weighted by atomic mass is 35.5. The first-order valence-electron chi connectivity index (χ1n) is 6.16. The Hall–Kier alpha value is -0.950. The molecule has 2 heterocycles. The largest absolute Gasteiger partial charge is 0.271 e. The summed E-state index contributed by atoms with van der Waals surface area (Å²) in [5, 5.41) is 8.18. The van der Waals surface area contributed by atoms with E-state index in [9.17, 15) is 0 Å². The lowest BCUT2D eigenvalue weighted by Crippen LogP contribution is -2.30. The standard InChI is InChI=1S/C12H18ClN5S/c1-4-18-11(12(13)7(2)17-18)5-9(16-14)10-6-19-8(3)15-10/h6,9,16H,4-5,14H2,1-3H3. The molecule has 1 atom stereocenters. The summed E-state index contributed by atoms with van der Waals surface area (Å²) in [6.45, 7) is 6.73. The van der Waals surface area contributed by atoms with E-state index in [1.165, 1.54) is 0 Å². The van der Waals surface area contributed by atoms with Gasteiger partial charge in [-0.1, -0.05) is 11.6 Å². The molecule has 0 aromatic carbocycles. The summed E-state index contributed by atoms with van der Waals surface area (Å²) in [7, 11) is 0. The van der Waals surface area contributed by atoms with Crippen molar-refractivity contribution in [3.63, 3.8) is 0 Å². The Morgan fingerprint density at radius 3 is 2.79 bits per heavy atom. The van der Waals surface area contributed by atoms with E-state index >= 15 is 0 Å². The lowest BCUT2D eigenvalue weighted by Gasteiger charge is -2.14. The lowest BCUT2D eigenvalue weighted by molar-refractivity contribution is 0.509. The van der Waals surface area contributed by atoms with E-state index < -0.39 is 0 Å². The molecule has 5 nitrogen and oxygen atoms in total. The smallest absolute Gasteiger partial charge is 0.0898 e. The molecular weight excluding hydrogens is 282 g/mol. The van der Waals surface area contributed by atoms with E-state index in [-0.39, 0.29) is 6.04 Å². The minimum atomic E-state index is -0.0520. The average molecular weight is 300 g/mol. The molecular formula is C12H18ClN5S. The molecule has 0 saturated heterocycles. The third-order valence-electron chi connectivity index (χ3n) is 3.05. The Bertz CT molecular complexity index is 562. The predicted octanol–water partition coefficient (Wildman–Crippen LogP) is 2.38. The molecule has 7 heteroatoms. The van der Waals surface area contributed by atoms with Gasteiger partial charge in [0, 0.05) is 18.3 Å². The molecule has 0 fully saturated rings. The van der Waals surface area contributed by atoms with Gasteiger partial charge in [-0.2, -0.15) is 5.10 Å². The minimum Gasteiger partial charge on any atom is -0.271 e. The maximum Gasteiger partial charge on any atom is 0.0898 e. The first-order chi connectivity index (χ1) is 9.06.